The second kappa shape index (κ2) is 7.14. The number of hydrogen-bond acceptors (Lipinski definition) is 5. The Morgan fingerprint density at radius 1 is 1.08 bits per heavy atom. The number of benzene rings is 1. The van der Waals surface area contributed by atoms with Gasteiger partial charge in [0.15, 0.2) is 5.82 Å². The van der Waals surface area contributed by atoms with E-state index in [1.54, 1.807) is 54.3 Å². The maximum atomic E-state index is 14.0. The predicted octanol–water partition coefficient (Wildman–Crippen LogP) is 2.66. The molecular weight excluding hydrogens is 333 g/mol. The molecule has 0 amide bonds. The van der Waals surface area contributed by atoms with Gasteiger partial charge in [0, 0.05) is 36.9 Å². The van der Waals surface area contributed by atoms with Crippen molar-refractivity contribution >= 4 is 5.82 Å². The normalized spacial score (nSPS) is 10.8. The molecule has 0 unspecified atom stereocenters. The molecule has 0 saturated carbocycles. The third-order valence-corrected chi connectivity index (χ3v) is 3.86. The van der Waals surface area contributed by atoms with Gasteiger partial charge in [-0.1, -0.05) is 6.07 Å². The van der Waals surface area contributed by atoms with Gasteiger partial charge in [-0.05, 0) is 23.8 Å². The van der Waals surface area contributed by atoms with E-state index in [-0.39, 0.29) is 5.82 Å². The van der Waals surface area contributed by atoms with Gasteiger partial charge in [0.05, 0.1) is 25.3 Å². The molecule has 3 heterocycles. The summed E-state index contributed by atoms with van der Waals surface area (Å²) in [4.78, 5) is 12.6. The fourth-order valence-corrected chi connectivity index (χ4v) is 2.58. The van der Waals surface area contributed by atoms with Crippen molar-refractivity contribution in [2.75, 3.05) is 5.32 Å². The third kappa shape index (κ3) is 3.59. The first kappa shape index (κ1) is 15.9. The molecule has 130 valence electrons. The summed E-state index contributed by atoms with van der Waals surface area (Å²) in [6.45, 7) is 0.947. The van der Waals surface area contributed by atoms with E-state index in [0.29, 0.717) is 30.3 Å². The lowest BCUT2D eigenvalue weighted by molar-refractivity contribution is 0.598. The highest BCUT2D eigenvalue weighted by Crippen LogP contribution is 2.14. The topological polar surface area (TPSA) is 73.5 Å². The minimum Gasteiger partial charge on any atom is -0.365 e. The van der Waals surface area contributed by atoms with Crippen molar-refractivity contribution in [3.63, 3.8) is 0 Å². The van der Waals surface area contributed by atoms with Gasteiger partial charge in [-0.2, -0.15) is 5.10 Å². The van der Waals surface area contributed by atoms with E-state index in [1.807, 2.05) is 16.7 Å². The minimum atomic E-state index is -0.233. The van der Waals surface area contributed by atoms with Crippen LogP contribution in [0.15, 0.2) is 67.8 Å². The second-order valence-corrected chi connectivity index (χ2v) is 5.73. The van der Waals surface area contributed by atoms with Crippen LogP contribution >= 0.6 is 0 Å². The van der Waals surface area contributed by atoms with Gasteiger partial charge < -0.3 is 9.88 Å². The van der Waals surface area contributed by atoms with Crippen LogP contribution in [0.2, 0.25) is 0 Å². The van der Waals surface area contributed by atoms with Gasteiger partial charge >= 0.3 is 0 Å². The molecule has 0 aliphatic carbocycles. The van der Waals surface area contributed by atoms with E-state index < -0.39 is 0 Å². The van der Waals surface area contributed by atoms with Crippen LogP contribution in [0.5, 0.6) is 0 Å². The fourth-order valence-electron chi connectivity index (χ4n) is 2.58. The molecule has 4 aromatic rings. The number of nitrogens with zero attached hydrogens (tertiary/aromatic N) is 6. The Bertz CT molecular complexity index is 981. The zero-order valence-electron chi connectivity index (χ0n) is 13.8. The molecule has 0 atom stereocenters. The maximum Gasteiger partial charge on any atom is 0.173 e. The van der Waals surface area contributed by atoms with Gasteiger partial charge in [0.1, 0.15) is 11.6 Å². The van der Waals surface area contributed by atoms with Crippen LogP contribution in [0.4, 0.5) is 10.2 Å². The molecule has 4 rings (SSSR count). The molecule has 26 heavy (non-hydrogen) atoms. The average molecular weight is 349 g/mol. The summed E-state index contributed by atoms with van der Waals surface area (Å²) in [6, 6.07) is 6.90. The summed E-state index contributed by atoms with van der Waals surface area (Å²) >= 11 is 0. The Morgan fingerprint density at radius 2 is 2.04 bits per heavy atom. The number of imidazole rings is 1. The molecule has 0 fully saturated rings. The van der Waals surface area contributed by atoms with E-state index in [1.165, 1.54) is 6.07 Å². The Hall–Kier alpha value is -3.55. The summed E-state index contributed by atoms with van der Waals surface area (Å²) in [5, 5.41) is 7.35. The number of anilines is 1. The lowest BCUT2D eigenvalue weighted by Crippen LogP contribution is -2.07. The molecule has 0 saturated heterocycles. The van der Waals surface area contributed by atoms with Gasteiger partial charge in [-0.3, -0.25) is 4.98 Å². The molecule has 0 aliphatic rings. The summed E-state index contributed by atoms with van der Waals surface area (Å²) < 4.78 is 17.5. The van der Waals surface area contributed by atoms with Crippen LogP contribution in [0.3, 0.4) is 0 Å². The van der Waals surface area contributed by atoms with Crippen molar-refractivity contribution in [2.24, 2.45) is 0 Å². The van der Waals surface area contributed by atoms with Crippen LogP contribution in [-0.2, 0) is 13.1 Å². The molecule has 3 aromatic heterocycles. The van der Waals surface area contributed by atoms with E-state index in [0.717, 1.165) is 5.56 Å². The van der Waals surface area contributed by atoms with Crippen molar-refractivity contribution in [3.05, 3.63) is 84.7 Å². The van der Waals surface area contributed by atoms with Gasteiger partial charge in [-0.25, -0.2) is 19.0 Å². The molecule has 0 aliphatic heterocycles. The van der Waals surface area contributed by atoms with Crippen LogP contribution in [0.1, 0.15) is 11.1 Å². The zero-order valence-corrected chi connectivity index (χ0v) is 13.8. The predicted molar refractivity (Wildman–Crippen MR) is 94.2 cm³/mol. The summed E-state index contributed by atoms with van der Waals surface area (Å²) in [7, 11) is 0. The van der Waals surface area contributed by atoms with E-state index in [4.69, 9.17) is 0 Å². The SMILES string of the molecule is Fc1ccc(CNc2cncc(-n3cccn3)n2)cc1Cn1ccnc1. The molecular formula is C18H16FN7. The largest absolute Gasteiger partial charge is 0.365 e. The van der Waals surface area contributed by atoms with Crippen molar-refractivity contribution < 1.29 is 4.39 Å². The number of halogens is 1. The second-order valence-electron chi connectivity index (χ2n) is 5.73. The summed E-state index contributed by atoms with van der Waals surface area (Å²) in [6.07, 6.45) is 11.9. The maximum absolute atomic E-state index is 14.0. The average Bonchev–Trinajstić information content (AvgIpc) is 3.36. The quantitative estimate of drug-likeness (QED) is 0.579. The number of hydrogen-bond donors (Lipinski definition) is 1. The molecule has 0 spiro atoms. The van der Waals surface area contributed by atoms with Crippen LogP contribution in [-0.4, -0.2) is 29.3 Å². The fraction of sp³-hybridized carbons (Fsp3) is 0.111. The molecule has 0 bridgehead atoms. The Kier molecular flexibility index (Phi) is 4.38. The van der Waals surface area contributed by atoms with Crippen LogP contribution in [0, 0.1) is 5.82 Å². The van der Waals surface area contributed by atoms with Crippen LogP contribution < -0.4 is 5.32 Å². The Balaban J connectivity index is 1.47. The summed E-state index contributed by atoms with van der Waals surface area (Å²) in [5.74, 6) is 1.02. The molecule has 0 radical (unpaired) electrons. The first-order valence-corrected chi connectivity index (χ1v) is 8.07. The van der Waals surface area contributed by atoms with E-state index in [2.05, 4.69) is 25.4 Å². The molecule has 7 nitrogen and oxygen atoms in total. The van der Waals surface area contributed by atoms with Crippen LogP contribution in [0.25, 0.3) is 5.82 Å². The Labute approximate surface area is 149 Å². The van der Waals surface area contributed by atoms with Crippen molar-refractivity contribution in [1.29, 1.82) is 0 Å². The van der Waals surface area contributed by atoms with Crippen molar-refractivity contribution in [3.8, 4) is 5.82 Å². The minimum absolute atomic E-state index is 0.233. The first-order chi connectivity index (χ1) is 12.8. The van der Waals surface area contributed by atoms with Gasteiger partial charge in [0.25, 0.3) is 0 Å². The summed E-state index contributed by atoms with van der Waals surface area (Å²) in [5.41, 5.74) is 1.56. The zero-order chi connectivity index (χ0) is 17.8. The monoisotopic (exact) mass is 349 g/mol. The first-order valence-electron chi connectivity index (χ1n) is 8.07. The lowest BCUT2D eigenvalue weighted by Gasteiger charge is -2.10. The smallest absolute Gasteiger partial charge is 0.173 e. The highest BCUT2D eigenvalue weighted by atomic mass is 19.1. The standard InChI is InChI=1S/C18H16FN7/c19-16-3-2-14(8-15(16)12-25-7-5-20-13-25)9-22-17-10-21-11-18(24-17)26-6-1-4-23-26/h1-8,10-11,13H,9,12H2,(H,22,24). The highest BCUT2D eigenvalue weighted by Gasteiger charge is 2.06. The van der Waals surface area contributed by atoms with Crippen molar-refractivity contribution in [1.82, 2.24) is 29.3 Å². The molecule has 1 N–H and O–H groups in total. The number of rotatable bonds is 6. The third-order valence-electron chi connectivity index (χ3n) is 3.86. The number of nitrogens with one attached hydrogen (secondary N) is 1. The van der Waals surface area contributed by atoms with E-state index >= 15 is 0 Å². The molecule has 8 heteroatoms. The van der Waals surface area contributed by atoms with Gasteiger partial charge in [-0.15, -0.1) is 0 Å². The van der Waals surface area contributed by atoms with E-state index in [9.17, 15) is 4.39 Å². The number of aromatic nitrogens is 6. The highest BCUT2D eigenvalue weighted by molar-refractivity contribution is 5.37. The molecule has 1 aromatic carbocycles. The Morgan fingerprint density at radius 3 is 2.85 bits per heavy atom. The van der Waals surface area contributed by atoms with Crippen molar-refractivity contribution in [2.45, 2.75) is 13.1 Å². The van der Waals surface area contributed by atoms with Gasteiger partial charge in [0.2, 0.25) is 0 Å². The lowest BCUT2D eigenvalue weighted by atomic mass is 10.1.